The molecule has 2 N–H and O–H groups in total. The molecule has 0 bridgehead atoms. The largest absolute Gasteiger partial charge is 0.324 e. The average Bonchev–Trinajstić information content (AvgIpc) is 2.32. The Bertz CT molecular complexity index is 509. The third-order valence-electron chi connectivity index (χ3n) is 2.59. The summed E-state index contributed by atoms with van der Waals surface area (Å²) in [5.74, 6) is 0. The Balaban J connectivity index is 2.34. The molecule has 0 amide bonds. The second kappa shape index (κ2) is 5.34. The highest BCUT2D eigenvalue weighted by molar-refractivity contribution is 7.99. The van der Waals surface area contributed by atoms with Crippen molar-refractivity contribution in [2.45, 2.75) is 29.8 Å². The molecule has 2 nitrogen and oxygen atoms in total. The summed E-state index contributed by atoms with van der Waals surface area (Å²) in [5.41, 5.74) is 8.31. The van der Waals surface area contributed by atoms with Crippen LogP contribution in [-0.4, -0.2) is 4.98 Å². The van der Waals surface area contributed by atoms with E-state index in [9.17, 15) is 0 Å². The molecule has 0 saturated heterocycles. The third-order valence-corrected chi connectivity index (χ3v) is 3.80. The van der Waals surface area contributed by atoms with Crippen LogP contribution in [0, 0.1) is 6.92 Å². The number of hydrogen-bond acceptors (Lipinski definition) is 3. The van der Waals surface area contributed by atoms with Crippen LogP contribution in [0.5, 0.6) is 0 Å². The van der Waals surface area contributed by atoms with Gasteiger partial charge >= 0.3 is 0 Å². The molecule has 1 atom stereocenters. The van der Waals surface area contributed by atoms with Gasteiger partial charge in [-0.1, -0.05) is 36.0 Å². The summed E-state index contributed by atoms with van der Waals surface area (Å²) < 4.78 is 0. The Morgan fingerprint density at radius 2 is 1.94 bits per heavy atom. The quantitative estimate of drug-likeness (QED) is 0.897. The van der Waals surface area contributed by atoms with Gasteiger partial charge in [0.15, 0.2) is 0 Å². The fourth-order valence-corrected chi connectivity index (χ4v) is 2.68. The molecule has 0 radical (unpaired) electrons. The topological polar surface area (TPSA) is 38.9 Å². The van der Waals surface area contributed by atoms with Crippen molar-refractivity contribution in [3.8, 4) is 0 Å². The van der Waals surface area contributed by atoms with E-state index in [-0.39, 0.29) is 6.04 Å². The van der Waals surface area contributed by atoms with E-state index >= 15 is 0 Å². The van der Waals surface area contributed by atoms with Gasteiger partial charge in [0.05, 0.1) is 0 Å². The highest BCUT2D eigenvalue weighted by Crippen LogP contribution is 2.32. The SMILES string of the molecule is Cc1ccccc1Sc1ncccc1[C@H](C)N. The van der Waals surface area contributed by atoms with Gasteiger partial charge in [-0.3, -0.25) is 0 Å². The van der Waals surface area contributed by atoms with Crippen molar-refractivity contribution in [3.63, 3.8) is 0 Å². The van der Waals surface area contributed by atoms with Gasteiger partial charge in [0.1, 0.15) is 5.03 Å². The van der Waals surface area contributed by atoms with Crippen LogP contribution in [0.15, 0.2) is 52.5 Å². The monoisotopic (exact) mass is 244 g/mol. The van der Waals surface area contributed by atoms with E-state index < -0.39 is 0 Å². The predicted octanol–water partition coefficient (Wildman–Crippen LogP) is 3.56. The zero-order chi connectivity index (χ0) is 12.3. The van der Waals surface area contributed by atoms with E-state index in [0.717, 1.165) is 10.6 Å². The van der Waals surface area contributed by atoms with E-state index in [2.05, 4.69) is 24.0 Å². The Kier molecular flexibility index (Phi) is 3.82. The van der Waals surface area contributed by atoms with Gasteiger partial charge in [-0.15, -0.1) is 0 Å². The first-order chi connectivity index (χ1) is 8.18. The van der Waals surface area contributed by atoms with Crippen molar-refractivity contribution in [1.82, 2.24) is 4.98 Å². The fourth-order valence-electron chi connectivity index (χ4n) is 1.61. The van der Waals surface area contributed by atoms with Gasteiger partial charge in [0.2, 0.25) is 0 Å². The highest BCUT2D eigenvalue weighted by atomic mass is 32.2. The molecule has 0 saturated carbocycles. The van der Waals surface area contributed by atoms with Crippen molar-refractivity contribution < 1.29 is 0 Å². The van der Waals surface area contributed by atoms with Crippen molar-refractivity contribution >= 4 is 11.8 Å². The molecule has 1 heterocycles. The van der Waals surface area contributed by atoms with Crippen molar-refractivity contribution in [1.29, 1.82) is 0 Å². The normalized spacial score (nSPS) is 12.4. The average molecular weight is 244 g/mol. The molecule has 3 heteroatoms. The van der Waals surface area contributed by atoms with Gasteiger partial charge in [0.25, 0.3) is 0 Å². The van der Waals surface area contributed by atoms with Crippen LogP contribution >= 0.6 is 11.8 Å². The summed E-state index contributed by atoms with van der Waals surface area (Å²) in [5, 5.41) is 0.997. The molecule has 1 aromatic heterocycles. The van der Waals surface area contributed by atoms with Crippen LogP contribution in [0.3, 0.4) is 0 Å². The summed E-state index contributed by atoms with van der Waals surface area (Å²) in [6.45, 7) is 4.09. The minimum absolute atomic E-state index is 0.00946. The Morgan fingerprint density at radius 3 is 2.65 bits per heavy atom. The lowest BCUT2D eigenvalue weighted by molar-refractivity contribution is 0.779. The van der Waals surface area contributed by atoms with Crippen LogP contribution in [0.25, 0.3) is 0 Å². The summed E-state index contributed by atoms with van der Waals surface area (Å²) >= 11 is 1.68. The van der Waals surface area contributed by atoms with Gasteiger partial charge in [0, 0.05) is 22.7 Å². The van der Waals surface area contributed by atoms with Gasteiger partial charge < -0.3 is 5.73 Å². The molecule has 88 valence electrons. The number of aromatic nitrogens is 1. The first-order valence-electron chi connectivity index (χ1n) is 5.62. The van der Waals surface area contributed by atoms with E-state index in [0.29, 0.717) is 0 Å². The standard InChI is InChI=1S/C14H16N2S/c1-10-6-3-4-8-13(10)17-14-12(11(2)15)7-5-9-16-14/h3-9,11H,15H2,1-2H3/t11-/m0/s1. The molecule has 2 rings (SSSR count). The summed E-state index contributed by atoms with van der Waals surface area (Å²) in [6, 6.07) is 12.3. The number of hydrogen-bond donors (Lipinski definition) is 1. The molecule has 0 spiro atoms. The molecule has 0 aliphatic heterocycles. The second-order valence-electron chi connectivity index (χ2n) is 4.05. The Hall–Kier alpha value is -1.32. The zero-order valence-corrected chi connectivity index (χ0v) is 10.9. The summed E-state index contributed by atoms with van der Waals surface area (Å²) in [6.07, 6.45) is 1.81. The number of nitrogens with two attached hydrogens (primary N) is 1. The number of rotatable bonds is 3. The molecule has 0 aliphatic rings. The lowest BCUT2D eigenvalue weighted by Gasteiger charge is -2.11. The predicted molar refractivity (Wildman–Crippen MR) is 72.1 cm³/mol. The maximum Gasteiger partial charge on any atom is 0.105 e. The number of aryl methyl sites for hydroxylation is 1. The first kappa shape index (κ1) is 12.1. The molecule has 0 fully saturated rings. The van der Waals surface area contributed by atoms with Gasteiger partial charge in [-0.05, 0) is 31.5 Å². The summed E-state index contributed by atoms with van der Waals surface area (Å²) in [4.78, 5) is 5.65. The number of nitrogens with zero attached hydrogens (tertiary/aromatic N) is 1. The van der Waals surface area contributed by atoms with Gasteiger partial charge in [-0.25, -0.2) is 4.98 Å². The maximum absolute atomic E-state index is 5.95. The third kappa shape index (κ3) is 2.87. The zero-order valence-electron chi connectivity index (χ0n) is 10.1. The minimum atomic E-state index is 0.00946. The molecule has 2 aromatic rings. The van der Waals surface area contributed by atoms with Crippen LogP contribution < -0.4 is 5.73 Å². The van der Waals surface area contributed by atoms with E-state index in [1.165, 1.54) is 10.5 Å². The molecular formula is C14H16N2S. The van der Waals surface area contributed by atoms with Crippen molar-refractivity contribution in [3.05, 3.63) is 53.7 Å². The minimum Gasteiger partial charge on any atom is -0.324 e. The Morgan fingerprint density at radius 1 is 1.18 bits per heavy atom. The maximum atomic E-state index is 5.95. The van der Waals surface area contributed by atoms with Crippen molar-refractivity contribution in [2.24, 2.45) is 5.73 Å². The summed E-state index contributed by atoms with van der Waals surface area (Å²) in [7, 11) is 0. The molecule has 0 aliphatic carbocycles. The molecule has 0 unspecified atom stereocenters. The smallest absolute Gasteiger partial charge is 0.105 e. The van der Waals surface area contributed by atoms with Crippen LogP contribution in [0.1, 0.15) is 24.1 Å². The fraction of sp³-hybridized carbons (Fsp3) is 0.214. The molecule has 17 heavy (non-hydrogen) atoms. The lowest BCUT2D eigenvalue weighted by Crippen LogP contribution is -2.07. The number of benzene rings is 1. The molecule has 1 aromatic carbocycles. The molecular weight excluding hydrogens is 228 g/mol. The number of pyridine rings is 1. The van der Waals surface area contributed by atoms with Crippen LogP contribution in [-0.2, 0) is 0 Å². The van der Waals surface area contributed by atoms with E-state index in [1.54, 1.807) is 11.8 Å². The van der Waals surface area contributed by atoms with Crippen LogP contribution in [0.2, 0.25) is 0 Å². The van der Waals surface area contributed by atoms with Crippen molar-refractivity contribution in [2.75, 3.05) is 0 Å². The second-order valence-corrected chi connectivity index (χ2v) is 5.08. The Labute approximate surface area is 106 Å². The van der Waals surface area contributed by atoms with E-state index in [1.807, 2.05) is 37.4 Å². The van der Waals surface area contributed by atoms with Crippen LogP contribution in [0.4, 0.5) is 0 Å². The van der Waals surface area contributed by atoms with Gasteiger partial charge in [-0.2, -0.15) is 0 Å². The lowest BCUT2D eigenvalue weighted by atomic mass is 10.2. The van der Waals surface area contributed by atoms with E-state index in [4.69, 9.17) is 5.73 Å². The first-order valence-corrected chi connectivity index (χ1v) is 6.44. The highest BCUT2D eigenvalue weighted by Gasteiger charge is 2.09.